The molecular weight excluding hydrogens is 549 g/mol. The summed E-state index contributed by atoms with van der Waals surface area (Å²) in [7, 11) is 0. The minimum atomic E-state index is -0.473. The van der Waals surface area contributed by atoms with Gasteiger partial charge in [0.2, 0.25) is 5.91 Å². The fourth-order valence-corrected chi connectivity index (χ4v) is 4.80. The molecule has 8 heteroatoms. The van der Waals surface area contributed by atoms with Crippen molar-refractivity contribution in [3.05, 3.63) is 131 Å². The van der Waals surface area contributed by atoms with Crippen LogP contribution in [0.3, 0.4) is 0 Å². The number of amides is 3. The lowest BCUT2D eigenvalue weighted by molar-refractivity contribution is -0.115. The first kappa shape index (κ1) is 30.3. The van der Waals surface area contributed by atoms with E-state index in [4.69, 9.17) is 0 Å². The van der Waals surface area contributed by atoms with Gasteiger partial charge in [-0.1, -0.05) is 56.3 Å². The van der Waals surface area contributed by atoms with E-state index in [2.05, 4.69) is 29.8 Å². The first-order valence-corrected chi connectivity index (χ1v) is 14.4. The Morgan fingerprint density at radius 3 is 1.95 bits per heavy atom. The van der Waals surface area contributed by atoms with Crippen molar-refractivity contribution in [2.45, 2.75) is 36.8 Å². The highest BCUT2D eigenvalue weighted by molar-refractivity contribution is 8.00. The highest BCUT2D eigenvalue weighted by Crippen LogP contribution is 2.26. The van der Waals surface area contributed by atoms with E-state index in [0.717, 1.165) is 10.5 Å². The van der Waals surface area contributed by atoms with E-state index in [1.54, 1.807) is 61.5 Å². The van der Waals surface area contributed by atoms with Crippen LogP contribution in [-0.2, 0) is 9.59 Å². The molecule has 0 aromatic heterocycles. The van der Waals surface area contributed by atoms with E-state index in [1.807, 2.05) is 30.3 Å². The molecule has 0 aliphatic rings. The van der Waals surface area contributed by atoms with Crippen molar-refractivity contribution in [1.29, 1.82) is 0 Å². The average molecular weight is 582 g/mol. The summed E-state index contributed by atoms with van der Waals surface area (Å²) < 4.78 is 13.1. The molecule has 3 N–H and O–H groups in total. The number of nitrogens with one attached hydrogen (secondary N) is 3. The number of anilines is 2. The van der Waals surface area contributed by atoms with Crippen LogP contribution >= 0.6 is 11.8 Å². The summed E-state index contributed by atoms with van der Waals surface area (Å²) in [5.74, 6) is -1.08. The highest BCUT2D eigenvalue weighted by Gasteiger charge is 2.17. The molecule has 0 radical (unpaired) electrons. The molecule has 1 atom stereocenters. The monoisotopic (exact) mass is 581 g/mol. The van der Waals surface area contributed by atoms with Crippen LogP contribution in [0.5, 0.6) is 0 Å². The Balaban J connectivity index is 1.44. The Bertz CT molecular complexity index is 1550. The van der Waals surface area contributed by atoms with Gasteiger partial charge in [-0.05, 0) is 90.7 Å². The highest BCUT2D eigenvalue weighted by atomic mass is 32.2. The third kappa shape index (κ3) is 8.65. The maximum absolute atomic E-state index is 13.3. The lowest BCUT2D eigenvalue weighted by Crippen LogP contribution is -2.30. The standard InChI is InChI=1S/C34H32FN3O3S/c1-22(2)25-11-9-24(10-12-25)21-31(38-33(40)26-7-5-4-6-8-26)34(41)37-29-17-19-30(20-18-29)42-23(3)32(39)36-28-15-13-27(35)14-16-28/h4-23H,1-3H3,(H,36,39)(H,37,41)(H,38,40)/b31-21-. The zero-order valence-corrected chi connectivity index (χ0v) is 24.4. The van der Waals surface area contributed by atoms with Gasteiger partial charge in [0, 0.05) is 21.8 Å². The number of carbonyl (C=O) groups is 3. The van der Waals surface area contributed by atoms with E-state index in [9.17, 15) is 18.8 Å². The smallest absolute Gasteiger partial charge is 0.272 e. The van der Waals surface area contributed by atoms with Crippen molar-refractivity contribution in [1.82, 2.24) is 5.32 Å². The minimum absolute atomic E-state index is 0.102. The third-order valence-electron chi connectivity index (χ3n) is 6.35. The van der Waals surface area contributed by atoms with Gasteiger partial charge in [-0.15, -0.1) is 11.8 Å². The first-order valence-electron chi connectivity index (χ1n) is 13.5. The second kappa shape index (κ2) is 14.3. The Morgan fingerprint density at radius 2 is 1.33 bits per heavy atom. The average Bonchev–Trinajstić information content (AvgIpc) is 2.99. The largest absolute Gasteiger partial charge is 0.325 e. The number of hydrogen-bond acceptors (Lipinski definition) is 4. The van der Waals surface area contributed by atoms with E-state index < -0.39 is 17.1 Å². The molecule has 4 rings (SSSR count). The van der Waals surface area contributed by atoms with Gasteiger partial charge >= 0.3 is 0 Å². The van der Waals surface area contributed by atoms with Crippen LogP contribution in [0, 0.1) is 5.82 Å². The van der Waals surface area contributed by atoms with Crippen molar-refractivity contribution in [2.75, 3.05) is 10.6 Å². The number of halogens is 1. The summed E-state index contributed by atoms with van der Waals surface area (Å²) >= 11 is 1.35. The van der Waals surface area contributed by atoms with Gasteiger partial charge in [-0.25, -0.2) is 4.39 Å². The Hall–Kier alpha value is -4.69. The molecule has 214 valence electrons. The second-order valence-corrected chi connectivity index (χ2v) is 11.3. The summed E-state index contributed by atoms with van der Waals surface area (Å²) in [6.07, 6.45) is 1.64. The molecule has 42 heavy (non-hydrogen) atoms. The molecule has 0 aliphatic carbocycles. The predicted octanol–water partition coefficient (Wildman–Crippen LogP) is 7.48. The zero-order valence-electron chi connectivity index (χ0n) is 23.6. The van der Waals surface area contributed by atoms with Gasteiger partial charge in [0.15, 0.2) is 0 Å². The molecule has 6 nitrogen and oxygen atoms in total. The van der Waals surface area contributed by atoms with Crippen molar-refractivity contribution >= 4 is 46.9 Å². The van der Waals surface area contributed by atoms with E-state index in [1.165, 1.54) is 41.6 Å². The SMILES string of the molecule is CC(Sc1ccc(NC(=O)/C(=C/c2ccc(C(C)C)cc2)NC(=O)c2ccccc2)cc1)C(=O)Nc1ccc(F)cc1. The quantitative estimate of drug-likeness (QED) is 0.134. The van der Waals surface area contributed by atoms with Gasteiger partial charge in [0.25, 0.3) is 11.8 Å². The summed E-state index contributed by atoms with van der Waals surface area (Å²) in [4.78, 5) is 39.6. The summed E-state index contributed by atoms with van der Waals surface area (Å²) in [5.41, 5.74) is 3.54. The molecule has 4 aromatic rings. The minimum Gasteiger partial charge on any atom is -0.325 e. The van der Waals surface area contributed by atoms with Crippen LogP contribution < -0.4 is 16.0 Å². The molecule has 0 saturated carbocycles. The number of benzene rings is 4. The number of hydrogen-bond donors (Lipinski definition) is 3. The molecule has 0 heterocycles. The van der Waals surface area contributed by atoms with Crippen molar-refractivity contribution in [3.8, 4) is 0 Å². The second-order valence-electron chi connectivity index (χ2n) is 9.93. The molecule has 3 amide bonds. The van der Waals surface area contributed by atoms with Gasteiger partial charge in [-0.3, -0.25) is 14.4 Å². The lowest BCUT2D eigenvalue weighted by Gasteiger charge is -2.14. The van der Waals surface area contributed by atoms with Crippen molar-refractivity contribution < 1.29 is 18.8 Å². The number of carbonyl (C=O) groups excluding carboxylic acids is 3. The number of rotatable bonds is 10. The fourth-order valence-electron chi connectivity index (χ4n) is 3.94. The fraction of sp³-hybridized carbons (Fsp3) is 0.147. The molecule has 0 fully saturated rings. The van der Waals surface area contributed by atoms with Crippen LogP contribution in [0.1, 0.15) is 48.2 Å². The van der Waals surface area contributed by atoms with Gasteiger partial charge in [-0.2, -0.15) is 0 Å². The topological polar surface area (TPSA) is 87.3 Å². The molecule has 0 bridgehead atoms. The molecule has 4 aromatic carbocycles. The van der Waals surface area contributed by atoms with Crippen LogP contribution in [0.15, 0.2) is 114 Å². The maximum atomic E-state index is 13.3. The van der Waals surface area contributed by atoms with Crippen LogP contribution in [-0.4, -0.2) is 23.0 Å². The van der Waals surface area contributed by atoms with Crippen molar-refractivity contribution in [3.63, 3.8) is 0 Å². The normalized spacial score (nSPS) is 12.0. The lowest BCUT2D eigenvalue weighted by atomic mass is 10.0. The van der Waals surface area contributed by atoms with Crippen LogP contribution in [0.25, 0.3) is 6.08 Å². The van der Waals surface area contributed by atoms with E-state index in [0.29, 0.717) is 22.9 Å². The Kier molecular flexibility index (Phi) is 10.3. The molecule has 0 saturated heterocycles. The predicted molar refractivity (Wildman–Crippen MR) is 168 cm³/mol. The molecule has 1 unspecified atom stereocenters. The molecule has 0 aliphatic heterocycles. The van der Waals surface area contributed by atoms with E-state index in [-0.39, 0.29) is 17.4 Å². The van der Waals surface area contributed by atoms with Gasteiger partial charge in [0.1, 0.15) is 11.5 Å². The van der Waals surface area contributed by atoms with E-state index >= 15 is 0 Å². The van der Waals surface area contributed by atoms with Crippen molar-refractivity contribution in [2.24, 2.45) is 0 Å². The maximum Gasteiger partial charge on any atom is 0.272 e. The third-order valence-corrected chi connectivity index (χ3v) is 7.46. The molecular formula is C34H32FN3O3S. The Morgan fingerprint density at radius 1 is 0.738 bits per heavy atom. The zero-order chi connectivity index (χ0) is 30.1. The summed E-state index contributed by atoms with van der Waals surface area (Å²) in [5, 5.41) is 7.96. The van der Waals surface area contributed by atoms with Gasteiger partial charge in [0.05, 0.1) is 5.25 Å². The number of thioether (sulfide) groups is 1. The first-order chi connectivity index (χ1) is 20.2. The van der Waals surface area contributed by atoms with Crippen LogP contribution in [0.2, 0.25) is 0 Å². The molecule has 0 spiro atoms. The van der Waals surface area contributed by atoms with Crippen LogP contribution in [0.4, 0.5) is 15.8 Å². The summed E-state index contributed by atoms with van der Waals surface area (Å²) in [6, 6.07) is 29.2. The Labute approximate surface area is 249 Å². The van der Waals surface area contributed by atoms with Gasteiger partial charge < -0.3 is 16.0 Å². The summed E-state index contributed by atoms with van der Waals surface area (Å²) in [6.45, 7) is 5.99.